The fourth-order valence-electron chi connectivity index (χ4n) is 3.51. The molecule has 9 heteroatoms. The molecule has 0 radical (unpaired) electrons. The molecule has 160 valence electrons. The maximum Gasteiger partial charge on any atom is 0.255 e. The number of nitrogen functional groups attached to an aromatic ring is 1. The van der Waals surface area contributed by atoms with Crippen molar-refractivity contribution >= 4 is 35.1 Å². The molecule has 0 saturated carbocycles. The highest BCUT2D eigenvalue weighted by molar-refractivity contribution is 6.33. The van der Waals surface area contributed by atoms with Gasteiger partial charge in [-0.2, -0.15) is 15.0 Å². The van der Waals surface area contributed by atoms with Crippen molar-refractivity contribution in [3.05, 3.63) is 70.5 Å². The van der Waals surface area contributed by atoms with Crippen LogP contribution in [0.3, 0.4) is 0 Å². The van der Waals surface area contributed by atoms with Crippen molar-refractivity contribution in [3.63, 3.8) is 0 Å². The first kappa shape index (κ1) is 21.0. The number of hydrogen-bond acceptors (Lipinski definition) is 7. The Balaban J connectivity index is 1.38. The van der Waals surface area contributed by atoms with Gasteiger partial charge in [0.2, 0.25) is 11.9 Å². The Hall–Kier alpha value is -3.23. The molecule has 1 aliphatic heterocycles. The number of rotatable bonds is 5. The normalized spacial score (nSPS) is 14.5. The molecule has 1 amide bonds. The van der Waals surface area contributed by atoms with E-state index in [4.69, 9.17) is 17.3 Å². The van der Waals surface area contributed by atoms with Crippen LogP contribution in [0.25, 0.3) is 0 Å². The number of halogens is 1. The number of carbonyl (C=O) groups excluding carboxylic acids is 1. The molecular weight excluding hydrogens is 414 g/mol. The molecule has 1 aromatic heterocycles. The Bertz CT molecular complexity index is 1080. The lowest BCUT2D eigenvalue weighted by molar-refractivity contribution is 0.0625. The molecule has 0 unspecified atom stereocenters. The van der Waals surface area contributed by atoms with Crippen LogP contribution >= 0.6 is 11.6 Å². The lowest BCUT2D eigenvalue weighted by atomic mass is 10.2. The van der Waals surface area contributed by atoms with E-state index in [1.165, 1.54) is 0 Å². The molecule has 3 N–H and O–H groups in total. The quantitative estimate of drug-likeness (QED) is 0.632. The van der Waals surface area contributed by atoms with Gasteiger partial charge in [0.1, 0.15) is 5.82 Å². The number of benzene rings is 2. The number of aromatic nitrogens is 3. The predicted octanol–water partition coefficient (Wildman–Crippen LogP) is 3.12. The van der Waals surface area contributed by atoms with Gasteiger partial charge in [0.25, 0.3) is 5.91 Å². The molecule has 0 bridgehead atoms. The van der Waals surface area contributed by atoms with Gasteiger partial charge in [-0.25, -0.2) is 0 Å². The summed E-state index contributed by atoms with van der Waals surface area (Å²) in [4.78, 5) is 29.8. The van der Waals surface area contributed by atoms with E-state index in [0.29, 0.717) is 55.1 Å². The monoisotopic (exact) mass is 437 g/mol. The van der Waals surface area contributed by atoms with Crippen molar-refractivity contribution in [2.24, 2.45) is 0 Å². The van der Waals surface area contributed by atoms with Crippen molar-refractivity contribution in [1.82, 2.24) is 24.8 Å². The minimum Gasteiger partial charge on any atom is -0.368 e. The first-order valence-electron chi connectivity index (χ1n) is 10.1. The predicted molar refractivity (Wildman–Crippen MR) is 121 cm³/mol. The second kappa shape index (κ2) is 9.28. The van der Waals surface area contributed by atoms with E-state index in [-0.39, 0.29) is 11.9 Å². The molecule has 1 aliphatic rings. The third-order valence-corrected chi connectivity index (χ3v) is 5.55. The first-order valence-corrected chi connectivity index (χ1v) is 10.5. The lowest BCUT2D eigenvalue weighted by Gasteiger charge is -2.34. The number of piperazine rings is 1. The average Bonchev–Trinajstić information content (AvgIpc) is 2.75. The van der Waals surface area contributed by atoms with Gasteiger partial charge in [-0.3, -0.25) is 9.69 Å². The highest BCUT2D eigenvalue weighted by Gasteiger charge is 2.24. The van der Waals surface area contributed by atoms with Gasteiger partial charge < -0.3 is 16.0 Å². The molecule has 1 saturated heterocycles. The summed E-state index contributed by atoms with van der Waals surface area (Å²) >= 11 is 6.17. The summed E-state index contributed by atoms with van der Waals surface area (Å²) in [5.41, 5.74) is 8.45. The van der Waals surface area contributed by atoms with Crippen molar-refractivity contribution in [1.29, 1.82) is 0 Å². The van der Waals surface area contributed by atoms with Crippen molar-refractivity contribution < 1.29 is 4.79 Å². The highest BCUT2D eigenvalue weighted by Crippen LogP contribution is 2.20. The van der Waals surface area contributed by atoms with E-state index in [0.717, 1.165) is 11.3 Å². The van der Waals surface area contributed by atoms with Gasteiger partial charge in [-0.1, -0.05) is 41.9 Å². The minimum atomic E-state index is -0.0422. The van der Waals surface area contributed by atoms with Crippen LogP contribution in [0.1, 0.15) is 21.7 Å². The molecule has 1 fully saturated rings. The van der Waals surface area contributed by atoms with Gasteiger partial charge in [-0.05, 0) is 30.7 Å². The number of anilines is 3. The van der Waals surface area contributed by atoms with Crippen LogP contribution < -0.4 is 11.1 Å². The van der Waals surface area contributed by atoms with Crippen LogP contribution in [0.5, 0.6) is 0 Å². The second-order valence-corrected chi connectivity index (χ2v) is 7.83. The standard InChI is InChI=1S/C22H24ClN7O/c1-15-6-2-5-9-18(15)25-22-27-19(26-21(24)28-22)14-29-10-12-30(13-11-29)20(31)16-7-3-4-8-17(16)23/h2-9H,10-14H2,1H3,(H3,24,25,26,27,28). The number of hydrogen-bond donors (Lipinski definition) is 2. The zero-order valence-corrected chi connectivity index (χ0v) is 18.0. The smallest absolute Gasteiger partial charge is 0.255 e. The molecule has 0 atom stereocenters. The highest BCUT2D eigenvalue weighted by atomic mass is 35.5. The summed E-state index contributed by atoms with van der Waals surface area (Å²) in [6, 6.07) is 15.0. The van der Waals surface area contributed by atoms with Crippen LogP contribution in [0, 0.1) is 6.92 Å². The molecular formula is C22H24ClN7O. The number of nitrogens with zero attached hydrogens (tertiary/aromatic N) is 5. The molecule has 31 heavy (non-hydrogen) atoms. The summed E-state index contributed by atoms with van der Waals surface area (Å²) in [5.74, 6) is 1.15. The number of nitrogens with two attached hydrogens (primary N) is 1. The molecule has 3 aromatic rings. The minimum absolute atomic E-state index is 0.0422. The zero-order chi connectivity index (χ0) is 21.8. The fraction of sp³-hybridized carbons (Fsp3) is 0.273. The van der Waals surface area contributed by atoms with Crippen molar-refractivity contribution in [2.45, 2.75) is 13.5 Å². The summed E-state index contributed by atoms with van der Waals surface area (Å²) < 4.78 is 0. The van der Waals surface area contributed by atoms with E-state index in [1.807, 2.05) is 48.2 Å². The molecule has 0 spiro atoms. The Kier molecular flexibility index (Phi) is 6.29. The van der Waals surface area contributed by atoms with E-state index in [2.05, 4.69) is 25.2 Å². The Morgan fingerprint density at radius 2 is 1.74 bits per heavy atom. The number of para-hydroxylation sites is 1. The molecule has 0 aliphatic carbocycles. The fourth-order valence-corrected chi connectivity index (χ4v) is 3.73. The van der Waals surface area contributed by atoms with Crippen LogP contribution in [0.2, 0.25) is 5.02 Å². The largest absolute Gasteiger partial charge is 0.368 e. The van der Waals surface area contributed by atoms with Crippen LogP contribution in [0.4, 0.5) is 17.6 Å². The van der Waals surface area contributed by atoms with Gasteiger partial charge in [-0.15, -0.1) is 0 Å². The van der Waals surface area contributed by atoms with E-state index < -0.39 is 0 Å². The molecule has 2 heterocycles. The van der Waals surface area contributed by atoms with Crippen molar-refractivity contribution in [3.8, 4) is 0 Å². The molecule has 2 aromatic carbocycles. The third kappa shape index (κ3) is 5.10. The van der Waals surface area contributed by atoms with Gasteiger partial charge in [0.15, 0.2) is 0 Å². The van der Waals surface area contributed by atoms with Gasteiger partial charge >= 0.3 is 0 Å². The van der Waals surface area contributed by atoms with E-state index in [1.54, 1.807) is 12.1 Å². The van der Waals surface area contributed by atoms with Crippen LogP contribution in [-0.4, -0.2) is 56.8 Å². The zero-order valence-electron chi connectivity index (χ0n) is 17.3. The van der Waals surface area contributed by atoms with E-state index >= 15 is 0 Å². The van der Waals surface area contributed by atoms with E-state index in [9.17, 15) is 4.79 Å². The number of aryl methyl sites for hydroxylation is 1. The van der Waals surface area contributed by atoms with Crippen LogP contribution in [0.15, 0.2) is 48.5 Å². The van der Waals surface area contributed by atoms with Gasteiger partial charge in [0, 0.05) is 31.9 Å². The second-order valence-electron chi connectivity index (χ2n) is 7.42. The maximum atomic E-state index is 12.7. The number of carbonyl (C=O) groups is 1. The topological polar surface area (TPSA) is 100 Å². The molecule has 4 rings (SSSR count). The Labute approximate surface area is 186 Å². The number of amides is 1. The summed E-state index contributed by atoms with van der Waals surface area (Å²) in [6.07, 6.45) is 0. The Morgan fingerprint density at radius 3 is 2.48 bits per heavy atom. The van der Waals surface area contributed by atoms with Gasteiger partial charge in [0.05, 0.1) is 17.1 Å². The lowest BCUT2D eigenvalue weighted by Crippen LogP contribution is -2.48. The summed E-state index contributed by atoms with van der Waals surface area (Å²) in [7, 11) is 0. The Morgan fingerprint density at radius 1 is 1.03 bits per heavy atom. The number of nitrogens with one attached hydrogen (secondary N) is 1. The summed E-state index contributed by atoms with van der Waals surface area (Å²) in [6.45, 7) is 5.18. The maximum absolute atomic E-state index is 12.7. The summed E-state index contributed by atoms with van der Waals surface area (Å²) in [5, 5.41) is 3.69. The third-order valence-electron chi connectivity index (χ3n) is 5.22. The van der Waals surface area contributed by atoms with Crippen LogP contribution in [-0.2, 0) is 6.54 Å². The first-order chi connectivity index (χ1) is 15.0. The SMILES string of the molecule is Cc1ccccc1Nc1nc(N)nc(CN2CCN(C(=O)c3ccccc3Cl)CC2)n1. The molecule has 8 nitrogen and oxygen atoms in total. The average molecular weight is 438 g/mol. The van der Waals surface area contributed by atoms with Crippen molar-refractivity contribution in [2.75, 3.05) is 37.2 Å².